The fourth-order valence-electron chi connectivity index (χ4n) is 16.7. The molecule has 10 aliphatic heterocycles. The summed E-state index contributed by atoms with van der Waals surface area (Å²) in [6, 6.07) is 23.3. The lowest BCUT2D eigenvalue weighted by Crippen LogP contribution is -2.62. The van der Waals surface area contributed by atoms with Gasteiger partial charge < -0.3 is 118 Å². The maximum atomic E-state index is 11.7. The number of ether oxygens (including phenoxy) is 12. The lowest BCUT2D eigenvalue weighted by molar-refractivity contribution is -0.385. The lowest BCUT2D eigenvalue weighted by atomic mass is 9.87. The van der Waals surface area contributed by atoms with Crippen molar-refractivity contribution >= 4 is 76.3 Å². The average Bonchev–Trinajstić information content (AvgIpc) is 0.758. The Balaban J connectivity index is 0.630. The molecule has 0 bridgehead atoms. The highest BCUT2D eigenvalue weighted by Crippen LogP contribution is 2.44. The zero-order chi connectivity index (χ0) is 84.9. The lowest BCUT2D eigenvalue weighted by Gasteiger charge is -2.53. The van der Waals surface area contributed by atoms with Crippen LogP contribution in [0.5, 0.6) is 0 Å². The average molecular weight is 1710 g/mol. The van der Waals surface area contributed by atoms with Gasteiger partial charge in [0.15, 0.2) is 24.2 Å². The van der Waals surface area contributed by atoms with Crippen molar-refractivity contribution in [3.63, 3.8) is 0 Å². The molecule has 17 rings (SSSR count). The number of rotatable bonds is 25. The van der Waals surface area contributed by atoms with Crippen LogP contribution in [0, 0.1) is 45.9 Å². The molecule has 10 aliphatic rings. The van der Waals surface area contributed by atoms with E-state index in [2.05, 4.69) is 41.3 Å². The van der Waals surface area contributed by atoms with E-state index < -0.39 is 85.8 Å². The number of piperazine rings is 2. The van der Waals surface area contributed by atoms with Crippen molar-refractivity contribution in [2.24, 2.45) is 5.41 Å². The quantitative estimate of drug-likeness (QED) is 0.0373. The second-order valence-corrected chi connectivity index (χ2v) is 32.5. The highest BCUT2D eigenvalue weighted by Gasteiger charge is 2.53. The molecule has 10 atom stereocenters. The van der Waals surface area contributed by atoms with Crippen LogP contribution in [0.25, 0.3) is 0 Å². The van der Waals surface area contributed by atoms with Gasteiger partial charge in [0.1, 0.15) is 38.0 Å². The Labute approximate surface area is 705 Å². The fourth-order valence-corrected chi connectivity index (χ4v) is 16.7. The van der Waals surface area contributed by atoms with Gasteiger partial charge in [0.05, 0.1) is 115 Å². The molecule has 5 N–H and O–H groups in total. The molecule has 45 heteroatoms. The first-order valence-corrected chi connectivity index (χ1v) is 41.2. The normalized spacial score (nSPS) is 26.0. The Kier molecular flexibility index (Phi) is 25.3. The molecule has 10 saturated heterocycles. The van der Waals surface area contributed by atoms with Crippen molar-refractivity contribution in [3.05, 3.63) is 160 Å². The largest absolute Gasteiger partial charge is 0.353 e. The smallest absolute Gasteiger partial charge is 0.269 e. The van der Waals surface area contributed by atoms with E-state index >= 15 is 0 Å². The molecule has 3 spiro atoms. The Morgan fingerprint density at radius 2 is 0.699 bits per heavy atom. The van der Waals surface area contributed by atoms with Gasteiger partial charge in [0.2, 0.25) is 53.5 Å². The number of nitro groups is 4. The third kappa shape index (κ3) is 19.4. The molecule has 10 fully saturated rings. The molecule has 0 aliphatic carbocycles. The van der Waals surface area contributed by atoms with Gasteiger partial charge in [0.25, 0.3) is 22.7 Å². The van der Waals surface area contributed by atoms with Gasteiger partial charge in [-0.3, -0.25) is 40.5 Å². The molecule has 0 saturated carbocycles. The van der Waals surface area contributed by atoms with E-state index in [-0.39, 0.29) is 112 Å². The first kappa shape index (κ1) is 84.3. The number of nitrogens with zero attached hydrogens (tertiary/aromatic N) is 20. The van der Waals surface area contributed by atoms with Crippen LogP contribution < -0.4 is 51.1 Å². The minimum atomic E-state index is -0.837. The van der Waals surface area contributed by atoms with Crippen molar-refractivity contribution in [2.45, 2.75) is 98.4 Å². The van der Waals surface area contributed by atoms with Gasteiger partial charge in [-0.05, 0) is 99.0 Å². The molecule has 45 nitrogen and oxygen atoms in total. The minimum Gasteiger partial charge on any atom is -0.353 e. The number of likely N-dealkylation sites (N-methyl/N-ethyl adjacent to an activating group) is 2. The van der Waals surface area contributed by atoms with Gasteiger partial charge in [-0.25, -0.2) is 0 Å². The van der Waals surface area contributed by atoms with Crippen LogP contribution in [0.15, 0.2) is 97.1 Å². The zero-order valence-electron chi connectivity index (χ0n) is 68.4. The Bertz CT molecular complexity index is 4560. The maximum Gasteiger partial charge on any atom is 0.269 e. The number of hydrogen-bond acceptors (Lipinski definition) is 41. The number of non-ortho nitro benzene ring substituents is 4. The van der Waals surface area contributed by atoms with E-state index in [1.807, 2.05) is 47.8 Å². The number of piperidine rings is 2. The maximum absolute atomic E-state index is 11.7. The Morgan fingerprint density at radius 3 is 1.03 bits per heavy atom. The Morgan fingerprint density at radius 1 is 0.390 bits per heavy atom. The summed E-state index contributed by atoms with van der Waals surface area (Å²) in [5.41, 5.74) is 2.18. The zero-order valence-corrected chi connectivity index (χ0v) is 68.4. The molecule has 0 unspecified atom stereocenters. The van der Waals surface area contributed by atoms with E-state index in [9.17, 15) is 40.5 Å². The summed E-state index contributed by atoms with van der Waals surface area (Å²) in [7, 11) is 7.66. The molecule has 656 valence electrons. The van der Waals surface area contributed by atoms with E-state index in [0.29, 0.717) is 146 Å². The molecule has 123 heavy (non-hydrogen) atoms. The SMILES string of the molecule is CN(C)[C@H]1CO[C@@H](CNc2nc(N[C@H]3COCO[C@H]3c3ccc([N+](=O)[O-])cc3)nc(N3CCN(c4nc(N5CCN(c6nc(NC[C@@H]7OC[C@H](N(C)C)[C@H](c8ccc([N+](=O)[O-])cc8)O7)nc(N[C@H]7COCO[C@H]7c7ccc([N+](=O)[O-])cc7)n6)CC5)nc(N5CCC6(CC5)OCC5(COC7(CCNCC7)OC5)CO6)n4)CC3)n2)O[C@H]1c1ccc([N+](=O)[O-])cc1. The minimum absolute atomic E-state index is 0.0210. The van der Waals surface area contributed by atoms with Crippen LogP contribution in [0.3, 0.4) is 0 Å². The summed E-state index contributed by atoms with van der Waals surface area (Å²) in [6.45, 7) is 8.75. The highest BCUT2D eigenvalue weighted by atomic mass is 16.7. The molecule has 3 aromatic heterocycles. The summed E-state index contributed by atoms with van der Waals surface area (Å²) in [5.74, 6) is 1.36. The summed E-state index contributed by atoms with van der Waals surface area (Å²) < 4.78 is 76.3. The van der Waals surface area contributed by atoms with Crippen molar-refractivity contribution in [1.82, 2.24) is 60.0 Å². The first-order valence-electron chi connectivity index (χ1n) is 41.2. The van der Waals surface area contributed by atoms with Crippen LogP contribution in [0.2, 0.25) is 0 Å². The van der Waals surface area contributed by atoms with Gasteiger partial charge in [-0.2, -0.15) is 44.9 Å². The van der Waals surface area contributed by atoms with Gasteiger partial charge in [-0.15, -0.1) is 0 Å². The number of hydrogen-bond donors (Lipinski definition) is 5. The second-order valence-electron chi connectivity index (χ2n) is 32.5. The summed E-state index contributed by atoms with van der Waals surface area (Å²) in [4.78, 5) is 105. The van der Waals surface area contributed by atoms with E-state index in [1.165, 1.54) is 48.5 Å². The van der Waals surface area contributed by atoms with Gasteiger partial charge in [-0.1, -0.05) is 0 Å². The third-order valence-electron chi connectivity index (χ3n) is 24.0. The van der Waals surface area contributed by atoms with Crippen molar-refractivity contribution in [2.75, 3.05) is 232 Å². The number of nitro benzene ring substituents is 4. The number of anilines is 9. The van der Waals surface area contributed by atoms with Gasteiger partial charge in [0, 0.05) is 153 Å². The van der Waals surface area contributed by atoms with Crippen molar-refractivity contribution in [1.29, 1.82) is 0 Å². The molecule has 4 aromatic carbocycles. The highest BCUT2D eigenvalue weighted by molar-refractivity contribution is 5.53. The topological polar surface area (TPSA) is 482 Å². The van der Waals surface area contributed by atoms with Crippen LogP contribution in [0.1, 0.15) is 72.4 Å². The summed E-state index contributed by atoms with van der Waals surface area (Å²) >= 11 is 0. The number of benzene rings is 4. The summed E-state index contributed by atoms with van der Waals surface area (Å²) in [5, 5.41) is 63.6. The standard InChI is InChI=1S/C78H99N25O20/c1-93(2)59-41-114-61(122-65(59)51-9-17-55(18-10-51)102(108)109)37-80-67-84-69(82-57-39-112-47-116-63(57)49-5-13-53(14-6-49)100(104)105)88-71(86-67)96-29-33-98(34-30-96)74-90-73(95-27-23-78(24-28-95)120-45-76(46-121-78)43-118-77(119-44-76)21-25-79-26-22-77)91-75(92-74)99-35-31-97(32-36-99)72-87-68(81-38-62-115-42-60(94(3)4)66(123-62)52-11-19-56(20-12-52)103(110)111)85-70(89-72)83-58-40-113-48-117-64(58)50-7-15-54(16-8-50)101(106)107/h5-20,57-66,79H,21-48H2,1-4H3,(H2,80,82,84,86,88)(H2,81,83,85,87,89)/t57-,58-,59-,60-,61+,62+,63-,64-,65-,66-/m0/s1. The van der Waals surface area contributed by atoms with E-state index in [1.54, 1.807) is 48.5 Å². The van der Waals surface area contributed by atoms with Gasteiger partial charge >= 0.3 is 0 Å². The summed E-state index contributed by atoms with van der Waals surface area (Å²) in [6.07, 6.45) is -1.28. The molecule has 7 aromatic rings. The van der Waals surface area contributed by atoms with Crippen LogP contribution in [-0.4, -0.2) is 309 Å². The first-order chi connectivity index (χ1) is 59.6. The third-order valence-corrected chi connectivity index (χ3v) is 24.0. The van der Waals surface area contributed by atoms with Crippen molar-refractivity contribution in [3.8, 4) is 0 Å². The number of aromatic nitrogens is 9. The molecule has 13 heterocycles. The van der Waals surface area contributed by atoms with E-state index in [0.717, 1.165) is 37.1 Å². The second kappa shape index (κ2) is 36.9. The molecular weight excluding hydrogens is 1610 g/mol. The molecule has 0 amide bonds. The monoisotopic (exact) mass is 1710 g/mol. The number of nitrogens with one attached hydrogen (secondary N) is 5. The predicted molar refractivity (Wildman–Crippen MR) is 439 cm³/mol. The van der Waals surface area contributed by atoms with Crippen LogP contribution >= 0.6 is 0 Å². The predicted octanol–water partition coefficient (Wildman–Crippen LogP) is 4.95. The molecular formula is C78H99N25O20. The van der Waals surface area contributed by atoms with E-state index in [4.69, 9.17) is 102 Å². The molecule has 0 radical (unpaired) electrons. The fraction of sp³-hybridized carbons (Fsp3) is 0.577. The van der Waals surface area contributed by atoms with Crippen LogP contribution in [-0.2, 0) is 56.8 Å². The van der Waals surface area contributed by atoms with Crippen LogP contribution in [0.4, 0.5) is 76.3 Å². The Hall–Kier alpha value is -10.9. The van der Waals surface area contributed by atoms with Crippen molar-refractivity contribution < 1.29 is 76.5 Å².